The van der Waals surface area contributed by atoms with Gasteiger partial charge in [-0.3, -0.25) is 4.98 Å². The van der Waals surface area contributed by atoms with Crippen LogP contribution in [0.3, 0.4) is 0 Å². The van der Waals surface area contributed by atoms with Crippen molar-refractivity contribution in [3.63, 3.8) is 0 Å². The van der Waals surface area contributed by atoms with Gasteiger partial charge >= 0.3 is 0 Å². The van der Waals surface area contributed by atoms with Gasteiger partial charge in [-0.2, -0.15) is 5.26 Å². The largest absolute Gasteiger partial charge is 0.309 e. The molecule has 3 heterocycles. The van der Waals surface area contributed by atoms with Crippen LogP contribution in [0.1, 0.15) is 28.1 Å². The molecule has 0 N–H and O–H groups in total. The van der Waals surface area contributed by atoms with Crippen LogP contribution in [-0.2, 0) is 0 Å². The first-order valence-corrected chi connectivity index (χ1v) is 19.1. The smallest absolute Gasteiger partial charge is 0.101 e. The zero-order valence-corrected chi connectivity index (χ0v) is 31.8. The molecule has 7 aromatic carbocycles. The molecule has 10 rings (SSSR count). The number of fused-ring (bicyclic) bond motifs is 6. The minimum atomic E-state index is 0.593. The highest BCUT2D eigenvalue weighted by molar-refractivity contribution is 6.12. The van der Waals surface area contributed by atoms with Crippen LogP contribution in [0.2, 0.25) is 0 Å². The van der Waals surface area contributed by atoms with E-state index in [1.165, 1.54) is 22.1 Å². The minimum absolute atomic E-state index is 0.593. The maximum absolute atomic E-state index is 11.2. The van der Waals surface area contributed by atoms with Crippen molar-refractivity contribution in [2.45, 2.75) is 27.7 Å². The van der Waals surface area contributed by atoms with Gasteiger partial charge in [-0.1, -0.05) is 120 Å². The third kappa shape index (κ3) is 5.40. The summed E-state index contributed by atoms with van der Waals surface area (Å²) in [7, 11) is 0. The Kier molecular flexibility index (Phi) is 7.73. The van der Waals surface area contributed by atoms with Gasteiger partial charge in [0, 0.05) is 38.5 Å². The molecule has 4 nitrogen and oxygen atoms in total. The van der Waals surface area contributed by atoms with E-state index in [1.54, 1.807) is 0 Å². The maximum Gasteiger partial charge on any atom is 0.101 e. The second kappa shape index (κ2) is 13.0. The van der Waals surface area contributed by atoms with Gasteiger partial charge in [0.05, 0.1) is 39.0 Å². The maximum atomic E-state index is 11.2. The molecule has 0 fully saturated rings. The number of pyridine rings is 1. The molecule has 0 saturated carbocycles. The van der Waals surface area contributed by atoms with Crippen LogP contribution in [0, 0.1) is 39.0 Å². The monoisotopic (exact) mass is 718 g/mol. The molecule has 0 unspecified atom stereocenters. The Morgan fingerprint density at radius 3 is 1.36 bits per heavy atom. The lowest BCUT2D eigenvalue weighted by Gasteiger charge is -2.19. The van der Waals surface area contributed by atoms with Crippen molar-refractivity contribution in [2.24, 2.45) is 0 Å². The van der Waals surface area contributed by atoms with Gasteiger partial charge in [-0.25, -0.2) is 0 Å². The fraction of sp³-hybridized carbons (Fsp3) is 0.0769. The van der Waals surface area contributed by atoms with Crippen molar-refractivity contribution in [1.82, 2.24) is 14.1 Å². The Balaban J connectivity index is 1.31. The summed E-state index contributed by atoms with van der Waals surface area (Å²) < 4.78 is 4.64. The molecule has 0 aliphatic carbocycles. The summed E-state index contributed by atoms with van der Waals surface area (Å²) in [5.74, 6) is 0. The summed E-state index contributed by atoms with van der Waals surface area (Å²) in [6, 6.07) is 59.3. The Morgan fingerprint density at radius 2 is 0.857 bits per heavy atom. The highest BCUT2D eigenvalue weighted by atomic mass is 15.0. The summed E-state index contributed by atoms with van der Waals surface area (Å²) in [5, 5.41) is 15.8. The fourth-order valence-electron chi connectivity index (χ4n) is 8.57. The quantitative estimate of drug-likeness (QED) is 0.178. The van der Waals surface area contributed by atoms with E-state index in [4.69, 9.17) is 4.98 Å². The number of para-hydroxylation sites is 2. The van der Waals surface area contributed by atoms with Crippen molar-refractivity contribution in [1.29, 1.82) is 5.26 Å². The van der Waals surface area contributed by atoms with Gasteiger partial charge in [0.1, 0.15) is 6.07 Å². The Bertz CT molecular complexity index is 3200. The van der Waals surface area contributed by atoms with E-state index in [1.807, 2.05) is 0 Å². The van der Waals surface area contributed by atoms with Crippen LogP contribution in [-0.4, -0.2) is 14.1 Å². The summed E-state index contributed by atoms with van der Waals surface area (Å²) in [4.78, 5) is 4.77. The number of aryl methyl sites for hydroxylation is 4. The lowest BCUT2D eigenvalue weighted by atomic mass is 9.98. The molecule has 0 bridgehead atoms. The van der Waals surface area contributed by atoms with E-state index in [9.17, 15) is 5.26 Å². The van der Waals surface area contributed by atoms with Crippen molar-refractivity contribution in [2.75, 3.05) is 0 Å². The molecule has 0 saturated heterocycles. The molecule has 0 aliphatic rings. The van der Waals surface area contributed by atoms with Crippen LogP contribution in [0.4, 0.5) is 0 Å². The zero-order valence-electron chi connectivity index (χ0n) is 31.8. The third-order valence-electron chi connectivity index (χ3n) is 11.2. The molecule has 3 aromatic heterocycles. The molecule has 0 aliphatic heterocycles. The Morgan fingerprint density at radius 1 is 0.411 bits per heavy atom. The van der Waals surface area contributed by atoms with Crippen LogP contribution in [0.15, 0.2) is 158 Å². The van der Waals surface area contributed by atoms with Crippen LogP contribution in [0.5, 0.6) is 0 Å². The molecule has 4 heteroatoms. The van der Waals surface area contributed by atoms with Crippen LogP contribution >= 0.6 is 0 Å². The number of benzene rings is 7. The van der Waals surface area contributed by atoms with Crippen LogP contribution in [0.25, 0.3) is 88.4 Å². The summed E-state index contributed by atoms with van der Waals surface area (Å²) in [6.07, 6.45) is 0. The van der Waals surface area contributed by atoms with Crippen molar-refractivity contribution in [3.05, 3.63) is 186 Å². The molecule has 56 heavy (non-hydrogen) atoms. The minimum Gasteiger partial charge on any atom is -0.309 e. The molecule has 266 valence electrons. The van der Waals surface area contributed by atoms with E-state index in [-0.39, 0.29) is 0 Å². The molecular weight excluding hydrogens is 681 g/mol. The van der Waals surface area contributed by atoms with E-state index in [2.05, 4.69) is 201 Å². The molecule has 10 aromatic rings. The van der Waals surface area contributed by atoms with Gasteiger partial charge in [0.15, 0.2) is 0 Å². The molecule has 0 amide bonds. The van der Waals surface area contributed by atoms with Crippen molar-refractivity contribution in [3.8, 4) is 50.8 Å². The molecular formula is C52H38N4. The summed E-state index contributed by atoms with van der Waals surface area (Å²) >= 11 is 0. The lowest BCUT2D eigenvalue weighted by molar-refractivity contribution is 1.11. The number of hydrogen-bond donors (Lipinski definition) is 0. The van der Waals surface area contributed by atoms with Gasteiger partial charge in [0.2, 0.25) is 0 Å². The highest BCUT2D eigenvalue weighted by Gasteiger charge is 2.22. The fourth-order valence-corrected chi connectivity index (χ4v) is 8.57. The number of aromatic nitrogens is 3. The van der Waals surface area contributed by atoms with E-state index < -0.39 is 0 Å². The number of nitriles is 1. The molecule has 0 radical (unpaired) electrons. The van der Waals surface area contributed by atoms with Gasteiger partial charge < -0.3 is 9.13 Å². The topological polar surface area (TPSA) is 46.5 Å². The predicted octanol–water partition coefficient (Wildman–Crippen LogP) is 13.4. The molecule has 0 atom stereocenters. The summed E-state index contributed by atoms with van der Waals surface area (Å²) in [5.41, 5.74) is 17.7. The third-order valence-corrected chi connectivity index (χ3v) is 11.2. The van der Waals surface area contributed by atoms with Crippen molar-refractivity contribution < 1.29 is 0 Å². The van der Waals surface area contributed by atoms with Gasteiger partial charge in [-0.05, 0) is 104 Å². The standard InChI is InChI=1S/C52H38N4/c1-32-13-17-36(18-14-32)38-21-23-44-42-9-5-7-11-47(42)55(50(44)27-38)49-30-46(40-25-34(3)54-35(4)26-40)52(29-41(49)31-53)56-48-12-8-6-10-43(48)45-24-22-39(28-51(45)56)37-19-15-33(2)16-20-37/h5-30H,1-4H3. The summed E-state index contributed by atoms with van der Waals surface area (Å²) in [6.45, 7) is 8.33. The van der Waals surface area contributed by atoms with Crippen LogP contribution < -0.4 is 0 Å². The Hall–Kier alpha value is -7.22. The average Bonchev–Trinajstić information content (AvgIpc) is 3.72. The van der Waals surface area contributed by atoms with E-state index >= 15 is 0 Å². The lowest BCUT2D eigenvalue weighted by Crippen LogP contribution is -2.04. The first kappa shape index (κ1) is 33.4. The first-order chi connectivity index (χ1) is 27.3. The zero-order chi connectivity index (χ0) is 38.1. The molecule has 0 spiro atoms. The number of hydrogen-bond acceptors (Lipinski definition) is 2. The van der Waals surface area contributed by atoms with Gasteiger partial charge in [-0.15, -0.1) is 0 Å². The predicted molar refractivity (Wildman–Crippen MR) is 233 cm³/mol. The second-order valence-electron chi connectivity index (χ2n) is 15.0. The van der Waals surface area contributed by atoms with E-state index in [0.29, 0.717) is 5.56 Å². The average molecular weight is 719 g/mol. The number of nitrogens with zero attached hydrogens (tertiary/aromatic N) is 4. The van der Waals surface area contributed by atoms with Crippen molar-refractivity contribution >= 4 is 43.6 Å². The normalized spacial score (nSPS) is 11.6. The Labute approximate surface area is 326 Å². The van der Waals surface area contributed by atoms with E-state index in [0.717, 1.165) is 88.8 Å². The van der Waals surface area contributed by atoms with Gasteiger partial charge in [0.25, 0.3) is 0 Å². The second-order valence-corrected chi connectivity index (χ2v) is 15.0. The SMILES string of the molecule is Cc1ccc(-c2ccc3c4ccccc4n(-c4cc(-c5cc(C)nc(C)c5)c(-n5c6ccccc6c6ccc(-c7ccc(C)cc7)cc65)cc4C#N)c3c2)cc1. The highest BCUT2D eigenvalue weighted by Crippen LogP contribution is 2.42. The first-order valence-electron chi connectivity index (χ1n) is 19.1. The number of rotatable bonds is 5.